The molecule has 0 aromatic heterocycles. The number of rotatable bonds is 2. The van der Waals surface area contributed by atoms with Crippen molar-refractivity contribution in [2.45, 2.75) is 46.1 Å². The average molecular weight is 325 g/mol. The molecule has 2 nitrogen and oxygen atoms in total. The molecule has 3 heteroatoms. The lowest BCUT2D eigenvalue weighted by atomic mass is 9.98. The van der Waals surface area contributed by atoms with Crippen LogP contribution in [-0.2, 0) is 0 Å². The van der Waals surface area contributed by atoms with E-state index in [1.807, 2.05) is 0 Å². The monoisotopic (exact) mass is 324 g/mol. The van der Waals surface area contributed by atoms with Crippen LogP contribution in [-0.4, -0.2) is 25.2 Å². The van der Waals surface area contributed by atoms with Gasteiger partial charge in [0, 0.05) is 28.8 Å². The number of halogens is 1. The van der Waals surface area contributed by atoms with Crippen LogP contribution in [0.2, 0.25) is 0 Å². The third kappa shape index (κ3) is 3.32. The second-order valence-electron chi connectivity index (χ2n) is 6.01. The lowest BCUT2D eigenvalue weighted by Crippen LogP contribution is -2.48. The van der Waals surface area contributed by atoms with E-state index >= 15 is 0 Å². The molecular weight excluding hydrogens is 300 g/mol. The Kier molecular flexibility index (Phi) is 4.57. The van der Waals surface area contributed by atoms with Gasteiger partial charge in [-0.15, -0.1) is 0 Å². The fraction of sp³-hybridized carbons (Fsp3) is 0.625. The maximum Gasteiger partial charge on any atom is 0.0372 e. The van der Waals surface area contributed by atoms with Crippen LogP contribution in [0.1, 0.15) is 37.8 Å². The number of nitrogens with zero attached hydrogens (tertiary/aromatic N) is 1. The minimum Gasteiger partial charge on any atom is -0.370 e. The van der Waals surface area contributed by atoms with E-state index in [9.17, 15) is 0 Å². The van der Waals surface area contributed by atoms with E-state index in [1.165, 1.54) is 27.7 Å². The molecule has 0 spiro atoms. The highest BCUT2D eigenvalue weighted by molar-refractivity contribution is 9.10. The molecule has 106 valence electrons. The van der Waals surface area contributed by atoms with Gasteiger partial charge in [0.15, 0.2) is 0 Å². The molecule has 1 N–H and O–H groups in total. The summed E-state index contributed by atoms with van der Waals surface area (Å²) in [7, 11) is 0. The minimum absolute atomic E-state index is 0.228. The van der Waals surface area contributed by atoms with Gasteiger partial charge in [0.2, 0.25) is 0 Å². The number of nitrogens with one attached hydrogen (secondary N) is 1. The van der Waals surface area contributed by atoms with Gasteiger partial charge in [-0.25, -0.2) is 0 Å². The molecule has 1 saturated heterocycles. The molecule has 0 saturated carbocycles. The summed E-state index contributed by atoms with van der Waals surface area (Å²) in [6.45, 7) is 12.3. The van der Waals surface area contributed by atoms with Crippen molar-refractivity contribution in [1.29, 1.82) is 0 Å². The molecule has 0 radical (unpaired) electrons. The van der Waals surface area contributed by atoms with Crippen molar-refractivity contribution in [1.82, 2.24) is 5.32 Å². The largest absolute Gasteiger partial charge is 0.370 e. The smallest absolute Gasteiger partial charge is 0.0372 e. The summed E-state index contributed by atoms with van der Waals surface area (Å²) in [4.78, 5) is 2.54. The molecule has 1 unspecified atom stereocenters. The summed E-state index contributed by atoms with van der Waals surface area (Å²) >= 11 is 3.66. The van der Waals surface area contributed by atoms with E-state index in [0.29, 0.717) is 0 Å². The fourth-order valence-electron chi connectivity index (χ4n) is 2.78. The summed E-state index contributed by atoms with van der Waals surface area (Å²) in [6, 6.07) is 4.61. The summed E-state index contributed by atoms with van der Waals surface area (Å²) in [5.74, 6) is 0. The second kappa shape index (κ2) is 5.84. The lowest BCUT2D eigenvalue weighted by Gasteiger charge is -2.34. The zero-order valence-corrected chi connectivity index (χ0v) is 14.1. The number of anilines is 1. The van der Waals surface area contributed by atoms with E-state index in [2.05, 4.69) is 66.0 Å². The molecule has 1 heterocycles. The molecule has 1 aliphatic rings. The highest BCUT2D eigenvalue weighted by Gasteiger charge is 2.27. The fourth-order valence-corrected chi connectivity index (χ4v) is 3.01. The Bertz CT molecular complexity index is 435. The third-order valence-corrected chi connectivity index (χ3v) is 5.51. The van der Waals surface area contributed by atoms with Gasteiger partial charge in [-0.3, -0.25) is 0 Å². The van der Waals surface area contributed by atoms with E-state index in [-0.39, 0.29) is 5.54 Å². The van der Waals surface area contributed by atoms with Gasteiger partial charge in [0.25, 0.3) is 0 Å². The Labute approximate surface area is 125 Å². The lowest BCUT2D eigenvalue weighted by molar-refractivity contribution is 0.366. The van der Waals surface area contributed by atoms with Crippen LogP contribution in [0, 0.1) is 13.8 Å². The van der Waals surface area contributed by atoms with Gasteiger partial charge in [-0.05, 0) is 63.4 Å². The molecule has 1 atom stereocenters. The molecule has 0 amide bonds. The first-order valence-electron chi connectivity index (χ1n) is 7.22. The van der Waals surface area contributed by atoms with Crippen LogP contribution in [0.4, 0.5) is 5.69 Å². The summed E-state index contributed by atoms with van der Waals surface area (Å²) < 4.78 is 1.24. The molecule has 1 aromatic carbocycles. The molecule has 0 aliphatic carbocycles. The zero-order valence-electron chi connectivity index (χ0n) is 12.5. The molecular formula is C16H25BrN2. The molecule has 1 aliphatic heterocycles. The van der Waals surface area contributed by atoms with Crippen LogP contribution < -0.4 is 10.2 Å². The number of benzene rings is 1. The number of hydrogen-bond donors (Lipinski definition) is 1. The van der Waals surface area contributed by atoms with Crippen molar-refractivity contribution in [3.63, 3.8) is 0 Å². The minimum atomic E-state index is 0.228. The van der Waals surface area contributed by atoms with Crippen LogP contribution in [0.15, 0.2) is 16.6 Å². The maximum absolute atomic E-state index is 3.70. The van der Waals surface area contributed by atoms with E-state index in [0.717, 1.165) is 26.1 Å². The van der Waals surface area contributed by atoms with Crippen molar-refractivity contribution in [2.75, 3.05) is 24.5 Å². The Morgan fingerprint density at radius 2 is 1.95 bits per heavy atom. The first-order valence-corrected chi connectivity index (χ1v) is 8.01. The standard InChI is InChI=1S/C16H25BrN2/c1-5-16(4)11-19(8-6-7-18-16)14-9-12(2)15(17)13(3)10-14/h9-10,18H,5-8,11H2,1-4H3. The van der Waals surface area contributed by atoms with Crippen molar-refractivity contribution in [3.8, 4) is 0 Å². The van der Waals surface area contributed by atoms with Gasteiger partial charge in [0.1, 0.15) is 0 Å². The third-order valence-electron chi connectivity index (χ3n) is 4.26. The summed E-state index contributed by atoms with van der Waals surface area (Å²) in [6.07, 6.45) is 2.38. The predicted octanol–water partition coefficient (Wildman–Crippen LogP) is 4.03. The Morgan fingerprint density at radius 3 is 2.53 bits per heavy atom. The molecule has 2 rings (SSSR count). The predicted molar refractivity (Wildman–Crippen MR) is 87.1 cm³/mol. The van der Waals surface area contributed by atoms with Crippen molar-refractivity contribution < 1.29 is 0 Å². The van der Waals surface area contributed by atoms with Crippen molar-refractivity contribution in [2.24, 2.45) is 0 Å². The van der Waals surface area contributed by atoms with Gasteiger partial charge in [-0.2, -0.15) is 0 Å². The van der Waals surface area contributed by atoms with Crippen molar-refractivity contribution in [3.05, 3.63) is 27.7 Å². The molecule has 0 bridgehead atoms. The second-order valence-corrected chi connectivity index (χ2v) is 6.80. The van der Waals surface area contributed by atoms with E-state index < -0.39 is 0 Å². The zero-order chi connectivity index (χ0) is 14.0. The SMILES string of the molecule is CCC1(C)CN(c2cc(C)c(Br)c(C)c2)CCCN1. The van der Waals surface area contributed by atoms with Gasteiger partial charge in [-0.1, -0.05) is 22.9 Å². The van der Waals surface area contributed by atoms with E-state index in [1.54, 1.807) is 0 Å². The molecule has 1 fully saturated rings. The van der Waals surface area contributed by atoms with Gasteiger partial charge >= 0.3 is 0 Å². The summed E-state index contributed by atoms with van der Waals surface area (Å²) in [5, 5.41) is 3.70. The Balaban J connectivity index is 2.29. The summed E-state index contributed by atoms with van der Waals surface area (Å²) in [5.41, 5.74) is 4.24. The Hall–Kier alpha value is -0.540. The number of hydrogen-bond acceptors (Lipinski definition) is 2. The first-order chi connectivity index (χ1) is 8.95. The quantitative estimate of drug-likeness (QED) is 0.883. The molecule has 19 heavy (non-hydrogen) atoms. The first kappa shape index (κ1) is 14.9. The topological polar surface area (TPSA) is 15.3 Å². The highest BCUT2D eigenvalue weighted by atomic mass is 79.9. The molecule has 1 aromatic rings. The van der Waals surface area contributed by atoms with Gasteiger partial charge in [0.05, 0.1) is 0 Å². The van der Waals surface area contributed by atoms with Crippen LogP contribution in [0.3, 0.4) is 0 Å². The highest BCUT2D eigenvalue weighted by Crippen LogP contribution is 2.29. The van der Waals surface area contributed by atoms with Crippen LogP contribution >= 0.6 is 15.9 Å². The van der Waals surface area contributed by atoms with Crippen LogP contribution in [0.25, 0.3) is 0 Å². The van der Waals surface area contributed by atoms with E-state index in [4.69, 9.17) is 0 Å². The van der Waals surface area contributed by atoms with Crippen molar-refractivity contribution >= 4 is 21.6 Å². The average Bonchev–Trinajstić information content (AvgIpc) is 2.58. The Morgan fingerprint density at radius 1 is 1.32 bits per heavy atom. The normalized spacial score (nSPS) is 24.4. The number of aryl methyl sites for hydroxylation is 2. The van der Waals surface area contributed by atoms with Gasteiger partial charge < -0.3 is 10.2 Å². The maximum atomic E-state index is 3.70. The van der Waals surface area contributed by atoms with Crippen LogP contribution in [0.5, 0.6) is 0 Å².